The van der Waals surface area contributed by atoms with E-state index in [0.29, 0.717) is 13.1 Å². The Morgan fingerprint density at radius 2 is 1.76 bits per heavy atom. The number of hydrogen-bond acceptors (Lipinski definition) is 3. The Morgan fingerprint density at radius 1 is 1.14 bits per heavy atom. The molecule has 0 aromatic heterocycles. The standard InChI is InChI=1S/C17H26N2O2/c1-11-12(2)21-13(3)16(11)17(20)19-10-15-6-4-14(5-7-15)8-9-18/h4-7,11-13,16H,8-10,18H2,1-3H3,(H,19,20). The molecule has 1 amide bonds. The van der Waals surface area contributed by atoms with Gasteiger partial charge in [-0.05, 0) is 43.9 Å². The third kappa shape index (κ3) is 3.83. The van der Waals surface area contributed by atoms with Crippen LogP contribution in [-0.4, -0.2) is 24.7 Å². The molecule has 0 saturated carbocycles. The van der Waals surface area contributed by atoms with Gasteiger partial charge in [0.2, 0.25) is 5.91 Å². The maximum atomic E-state index is 12.3. The lowest BCUT2D eigenvalue weighted by Gasteiger charge is -2.18. The van der Waals surface area contributed by atoms with Crippen LogP contribution in [0.3, 0.4) is 0 Å². The molecule has 1 aromatic rings. The van der Waals surface area contributed by atoms with Crippen LogP contribution in [-0.2, 0) is 22.5 Å². The molecule has 4 unspecified atom stereocenters. The van der Waals surface area contributed by atoms with Crippen molar-refractivity contribution in [3.05, 3.63) is 35.4 Å². The molecular weight excluding hydrogens is 264 g/mol. The minimum Gasteiger partial charge on any atom is -0.374 e. The highest BCUT2D eigenvalue weighted by Crippen LogP contribution is 2.32. The Morgan fingerprint density at radius 3 is 2.29 bits per heavy atom. The van der Waals surface area contributed by atoms with Gasteiger partial charge >= 0.3 is 0 Å². The molecule has 1 aromatic carbocycles. The number of ether oxygens (including phenoxy) is 1. The third-order valence-corrected chi connectivity index (χ3v) is 4.47. The fourth-order valence-electron chi connectivity index (χ4n) is 3.02. The van der Waals surface area contributed by atoms with Gasteiger partial charge in [0.15, 0.2) is 0 Å². The largest absolute Gasteiger partial charge is 0.374 e. The van der Waals surface area contributed by atoms with E-state index in [4.69, 9.17) is 10.5 Å². The van der Waals surface area contributed by atoms with Gasteiger partial charge in [-0.3, -0.25) is 4.79 Å². The van der Waals surface area contributed by atoms with Crippen molar-refractivity contribution in [1.82, 2.24) is 5.32 Å². The first-order chi connectivity index (χ1) is 10.0. The molecule has 1 fully saturated rings. The van der Waals surface area contributed by atoms with Crippen molar-refractivity contribution in [2.45, 2.75) is 45.9 Å². The second-order valence-electron chi connectivity index (χ2n) is 6.00. The normalized spacial score (nSPS) is 28.6. The van der Waals surface area contributed by atoms with Crippen LogP contribution >= 0.6 is 0 Å². The Kier molecular flexibility index (Phi) is 5.37. The summed E-state index contributed by atoms with van der Waals surface area (Å²) in [4.78, 5) is 12.3. The van der Waals surface area contributed by atoms with Crippen LogP contribution < -0.4 is 11.1 Å². The van der Waals surface area contributed by atoms with E-state index in [1.54, 1.807) is 0 Å². The van der Waals surface area contributed by atoms with Crippen molar-refractivity contribution in [2.24, 2.45) is 17.6 Å². The SMILES string of the molecule is CC1OC(C)C(C(=O)NCc2ccc(CCN)cc2)C1C. The quantitative estimate of drug-likeness (QED) is 0.870. The predicted octanol–water partition coefficient (Wildman–Crippen LogP) is 1.86. The topological polar surface area (TPSA) is 64.3 Å². The molecule has 0 bridgehead atoms. The fraction of sp³-hybridized carbons (Fsp3) is 0.588. The molecule has 4 nitrogen and oxygen atoms in total. The van der Waals surface area contributed by atoms with Gasteiger partial charge in [-0.25, -0.2) is 0 Å². The lowest BCUT2D eigenvalue weighted by Crippen LogP contribution is -2.36. The van der Waals surface area contributed by atoms with Crippen molar-refractivity contribution >= 4 is 5.91 Å². The molecule has 1 saturated heterocycles. The molecular formula is C17H26N2O2. The summed E-state index contributed by atoms with van der Waals surface area (Å²) in [5.41, 5.74) is 7.87. The van der Waals surface area contributed by atoms with Gasteiger partial charge in [0.25, 0.3) is 0 Å². The van der Waals surface area contributed by atoms with Crippen LogP contribution in [0, 0.1) is 11.8 Å². The average molecular weight is 290 g/mol. The van der Waals surface area contributed by atoms with Crippen molar-refractivity contribution in [2.75, 3.05) is 6.54 Å². The molecule has 0 aliphatic carbocycles. The molecule has 2 rings (SSSR count). The van der Waals surface area contributed by atoms with Crippen LogP contribution in [0.25, 0.3) is 0 Å². The van der Waals surface area contributed by atoms with E-state index >= 15 is 0 Å². The number of hydrogen-bond donors (Lipinski definition) is 2. The van der Waals surface area contributed by atoms with Crippen molar-refractivity contribution < 1.29 is 9.53 Å². The lowest BCUT2D eigenvalue weighted by atomic mass is 9.89. The number of amides is 1. The molecule has 4 atom stereocenters. The van der Waals surface area contributed by atoms with E-state index in [2.05, 4.69) is 24.4 Å². The molecule has 21 heavy (non-hydrogen) atoms. The molecule has 0 spiro atoms. The van der Waals surface area contributed by atoms with E-state index < -0.39 is 0 Å². The smallest absolute Gasteiger partial charge is 0.226 e. The highest BCUT2D eigenvalue weighted by atomic mass is 16.5. The third-order valence-electron chi connectivity index (χ3n) is 4.47. The fourth-order valence-corrected chi connectivity index (χ4v) is 3.02. The summed E-state index contributed by atoms with van der Waals surface area (Å²) in [5.74, 6) is 0.286. The number of nitrogens with two attached hydrogens (primary N) is 1. The summed E-state index contributed by atoms with van der Waals surface area (Å²) < 4.78 is 5.73. The Balaban J connectivity index is 1.89. The molecule has 3 N–H and O–H groups in total. The van der Waals surface area contributed by atoms with Gasteiger partial charge in [-0.1, -0.05) is 31.2 Å². The van der Waals surface area contributed by atoms with Crippen LogP contribution in [0.4, 0.5) is 0 Å². The zero-order valence-corrected chi connectivity index (χ0v) is 13.1. The number of benzene rings is 1. The van der Waals surface area contributed by atoms with E-state index in [1.165, 1.54) is 5.56 Å². The van der Waals surface area contributed by atoms with Crippen molar-refractivity contribution in [3.63, 3.8) is 0 Å². The highest BCUT2D eigenvalue weighted by Gasteiger charge is 2.41. The van der Waals surface area contributed by atoms with E-state index in [9.17, 15) is 4.79 Å². The highest BCUT2D eigenvalue weighted by molar-refractivity contribution is 5.79. The van der Waals surface area contributed by atoms with Gasteiger partial charge in [0, 0.05) is 6.54 Å². The minimum absolute atomic E-state index is 0.0121. The monoisotopic (exact) mass is 290 g/mol. The van der Waals surface area contributed by atoms with Gasteiger partial charge < -0.3 is 15.8 Å². The number of carbonyl (C=O) groups is 1. The maximum Gasteiger partial charge on any atom is 0.226 e. The Labute approximate surface area is 127 Å². The lowest BCUT2D eigenvalue weighted by molar-refractivity contribution is -0.127. The predicted molar refractivity (Wildman–Crippen MR) is 83.7 cm³/mol. The van der Waals surface area contributed by atoms with Crippen LogP contribution in [0.2, 0.25) is 0 Å². The zero-order chi connectivity index (χ0) is 15.4. The molecule has 116 valence electrons. The summed E-state index contributed by atoms with van der Waals surface area (Å²) >= 11 is 0. The summed E-state index contributed by atoms with van der Waals surface area (Å²) in [6.45, 7) is 7.31. The van der Waals surface area contributed by atoms with Gasteiger partial charge in [0.05, 0.1) is 18.1 Å². The van der Waals surface area contributed by atoms with Gasteiger partial charge in [-0.15, -0.1) is 0 Å². The number of nitrogens with one attached hydrogen (secondary N) is 1. The van der Waals surface area contributed by atoms with Crippen LogP contribution in [0.1, 0.15) is 31.9 Å². The molecule has 4 heteroatoms. The van der Waals surface area contributed by atoms with Crippen LogP contribution in [0.5, 0.6) is 0 Å². The second kappa shape index (κ2) is 7.05. The van der Waals surface area contributed by atoms with Crippen LogP contribution in [0.15, 0.2) is 24.3 Å². The average Bonchev–Trinajstić information content (AvgIpc) is 2.71. The summed E-state index contributed by atoms with van der Waals surface area (Å²) in [6, 6.07) is 8.23. The van der Waals surface area contributed by atoms with Gasteiger partial charge in [-0.2, -0.15) is 0 Å². The molecule has 1 aliphatic rings. The Bertz CT molecular complexity index is 472. The van der Waals surface area contributed by atoms with Crippen molar-refractivity contribution in [1.29, 1.82) is 0 Å². The molecule has 1 heterocycles. The van der Waals surface area contributed by atoms with Gasteiger partial charge in [0.1, 0.15) is 0 Å². The summed E-state index contributed by atoms with van der Waals surface area (Å²) in [7, 11) is 0. The first-order valence-electron chi connectivity index (χ1n) is 7.74. The second-order valence-corrected chi connectivity index (χ2v) is 6.00. The van der Waals surface area contributed by atoms with E-state index in [1.807, 2.05) is 26.0 Å². The zero-order valence-electron chi connectivity index (χ0n) is 13.1. The molecule has 0 radical (unpaired) electrons. The first-order valence-corrected chi connectivity index (χ1v) is 7.74. The van der Waals surface area contributed by atoms with E-state index in [-0.39, 0.29) is 30.0 Å². The number of rotatable bonds is 5. The molecule has 1 aliphatic heterocycles. The first kappa shape index (κ1) is 16.0. The maximum absolute atomic E-state index is 12.3. The Hall–Kier alpha value is -1.39. The minimum atomic E-state index is -0.0588. The van der Waals surface area contributed by atoms with Crippen molar-refractivity contribution in [3.8, 4) is 0 Å². The number of carbonyl (C=O) groups excluding carboxylic acids is 1. The summed E-state index contributed by atoms with van der Waals surface area (Å²) in [6.07, 6.45) is 1.02. The van der Waals surface area contributed by atoms with E-state index in [0.717, 1.165) is 12.0 Å². The summed E-state index contributed by atoms with van der Waals surface area (Å²) in [5, 5.41) is 3.03.